The molecule has 234 valence electrons. The largest absolute Gasteiger partial charge is 0.438 e. The van der Waals surface area contributed by atoms with Crippen molar-refractivity contribution in [1.82, 2.24) is 30.3 Å². The number of urea groups is 1. The van der Waals surface area contributed by atoms with Gasteiger partial charge in [0.2, 0.25) is 11.8 Å². The van der Waals surface area contributed by atoms with E-state index in [1.807, 2.05) is 19.2 Å². The number of aromatic nitrogens is 3. The molecule has 2 aromatic heterocycles. The van der Waals surface area contributed by atoms with E-state index in [4.69, 9.17) is 9.15 Å². The summed E-state index contributed by atoms with van der Waals surface area (Å²) in [5.41, 5.74) is 1.41. The van der Waals surface area contributed by atoms with Crippen LogP contribution in [0.2, 0.25) is 0 Å². The van der Waals surface area contributed by atoms with Gasteiger partial charge in [-0.2, -0.15) is 18.3 Å². The lowest BCUT2D eigenvalue weighted by Gasteiger charge is -2.32. The highest BCUT2D eigenvalue weighted by Crippen LogP contribution is 2.42. The molecule has 3 heterocycles. The van der Waals surface area contributed by atoms with Crippen molar-refractivity contribution in [3.05, 3.63) is 47.6 Å². The van der Waals surface area contributed by atoms with Gasteiger partial charge in [0.05, 0.1) is 19.2 Å². The molecule has 1 aliphatic heterocycles. The van der Waals surface area contributed by atoms with Crippen molar-refractivity contribution in [2.45, 2.75) is 75.8 Å². The van der Waals surface area contributed by atoms with Crippen LogP contribution in [0.4, 0.5) is 26.7 Å². The molecule has 2 fully saturated rings. The third-order valence-electron chi connectivity index (χ3n) is 8.02. The Bertz CT molecular complexity index is 1460. The van der Waals surface area contributed by atoms with Gasteiger partial charge < -0.3 is 24.7 Å². The molecule has 1 aliphatic carbocycles. The molecule has 0 spiro atoms. The van der Waals surface area contributed by atoms with Crippen molar-refractivity contribution in [3.63, 3.8) is 0 Å². The first-order valence-corrected chi connectivity index (χ1v) is 14.0. The standard InChI is InChI=1S/C28H33F5N6O4/c1-15(2)39-19(8-11-34-39)24(40)37-23(16-6-9-27(29,30)10-7-16)25-35-18-12-17(4-5-21(18)43-25)20(14-42-3)38-13-22(28(31,32)33)36-26(38)41/h4-5,8,11-12,15-16,20,22-23H,6-7,9-10,13-14H2,1-3H3,(H,36,41)(H,37,40). The second-order valence-electron chi connectivity index (χ2n) is 11.3. The number of halogens is 5. The third kappa shape index (κ3) is 6.45. The predicted octanol–water partition coefficient (Wildman–Crippen LogP) is 5.55. The van der Waals surface area contributed by atoms with E-state index in [1.54, 1.807) is 28.9 Å². The van der Waals surface area contributed by atoms with Gasteiger partial charge in [-0.05, 0) is 56.4 Å². The number of methoxy groups -OCH3 is 1. The van der Waals surface area contributed by atoms with Crippen LogP contribution in [-0.4, -0.2) is 70.0 Å². The van der Waals surface area contributed by atoms with Crippen molar-refractivity contribution in [1.29, 1.82) is 0 Å². The van der Waals surface area contributed by atoms with Gasteiger partial charge in [0, 0.05) is 32.2 Å². The van der Waals surface area contributed by atoms with Crippen molar-refractivity contribution in [2.75, 3.05) is 20.3 Å². The molecule has 1 aromatic carbocycles. The number of nitrogens with one attached hydrogen (secondary N) is 2. The van der Waals surface area contributed by atoms with Crippen LogP contribution in [0.15, 0.2) is 34.9 Å². The van der Waals surface area contributed by atoms with E-state index in [0.717, 1.165) is 4.90 Å². The normalized spacial score (nSPS) is 20.9. The minimum Gasteiger partial charge on any atom is -0.438 e. The molecule has 15 heteroatoms. The average molecular weight is 613 g/mol. The number of nitrogens with zero attached hydrogens (tertiary/aromatic N) is 4. The number of carbonyl (C=O) groups is 2. The van der Waals surface area contributed by atoms with E-state index in [-0.39, 0.29) is 50.1 Å². The Hall–Kier alpha value is -3.75. The Morgan fingerprint density at radius 2 is 1.95 bits per heavy atom. The monoisotopic (exact) mass is 612 g/mol. The van der Waals surface area contributed by atoms with Gasteiger partial charge in [-0.1, -0.05) is 6.07 Å². The molecule has 1 saturated heterocycles. The molecular formula is C28H33F5N6O4. The van der Waals surface area contributed by atoms with Crippen molar-refractivity contribution in [3.8, 4) is 0 Å². The first kappa shape index (κ1) is 30.7. The van der Waals surface area contributed by atoms with Crippen LogP contribution >= 0.6 is 0 Å². The van der Waals surface area contributed by atoms with E-state index in [1.165, 1.54) is 13.3 Å². The summed E-state index contributed by atoms with van der Waals surface area (Å²) in [7, 11) is 1.38. The number of carbonyl (C=O) groups excluding carboxylic acids is 2. The number of oxazole rings is 1. The maximum atomic E-state index is 14.0. The highest BCUT2D eigenvalue weighted by Gasteiger charge is 2.48. The van der Waals surface area contributed by atoms with E-state index < -0.39 is 48.7 Å². The van der Waals surface area contributed by atoms with Crippen molar-refractivity contribution >= 4 is 23.0 Å². The van der Waals surface area contributed by atoms with Gasteiger partial charge in [0.1, 0.15) is 23.3 Å². The van der Waals surface area contributed by atoms with Crippen molar-refractivity contribution in [2.24, 2.45) is 5.92 Å². The number of rotatable bonds is 9. The number of ether oxygens (including phenoxy) is 1. The second-order valence-corrected chi connectivity index (χ2v) is 11.3. The SMILES string of the molecule is COCC(c1ccc2oc(C(NC(=O)c3ccnn3C(C)C)C3CCC(F)(F)CC3)nc2c1)N1CC(C(F)(F)F)NC1=O. The van der Waals surface area contributed by atoms with Gasteiger partial charge in [-0.15, -0.1) is 0 Å². The van der Waals surface area contributed by atoms with Gasteiger partial charge in [-0.25, -0.2) is 18.6 Å². The van der Waals surface area contributed by atoms with E-state index >= 15 is 0 Å². The summed E-state index contributed by atoms with van der Waals surface area (Å²) >= 11 is 0. The van der Waals surface area contributed by atoms with Gasteiger partial charge in [0.15, 0.2) is 5.58 Å². The summed E-state index contributed by atoms with van der Waals surface area (Å²) in [6, 6.07) is 1.65. The lowest BCUT2D eigenvalue weighted by atomic mass is 9.82. The van der Waals surface area contributed by atoms with Gasteiger partial charge >= 0.3 is 12.2 Å². The fraction of sp³-hybridized carbons (Fsp3) is 0.571. The van der Waals surface area contributed by atoms with E-state index in [2.05, 4.69) is 15.4 Å². The van der Waals surface area contributed by atoms with Gasteiger partial charge in [-0.3, -0.25) is 9.48 Å². The summed E-state index contributed by atoms with van der Waals surface area (Å²) in [6.07, 6.45) is -3.53. The first-order chi connectivity index (χ1) is 20.3. The summed E-state index contributed by atoms with van der Waals surface area (Å²) in [6.45, 7) is 3.07. The fourth-order valence-electron chi connectivity index (χ4n) is 5.74. The van der Waals surface area contributed by atoms with Crippen LogP contribution in [0.5, 0.6) is 0 Å². The number of fused-ring (bicyclic) bond motifs is 1. The maximum Gasteiger partial charge on any atom is 0.410 e. The van der Waals surface area contributed by atoms with E-state index in [9.17, 15) is 31.5 Å². The first-order valence-electron chi connectivity index (χ1n) is 14.0. The lowest BCUT2D eigenvalue weighted by Crippen LogP contribution is -2.40. The Labute approximate surface area is 243 Å². The smallest absolute Gasteiger partial charge is 0.410 e. The second kappa shape index (κ2) is 11.7. The molecule has 1 saturated carbocycles. The lowest BCUT2D eigenvalue weighted by molar-refractivity contribution is -0.150. The molecule has 2 N–H and O–H groups in total. The van der Waals surface area contributed by atoms with Crippen LogP contribution in [0.25, 0.3) is 11.1 Å². The predicted molar refractivity (Wildman–Crippen MR) is 143 cm³/mol. The quantitative estimate of drug-likeness (QED) is 0.307. The van der Waals surface area contributed by atoms with Crippen LogP contribution in [-0.2, 0) is 4.74 Å². The van der Waals surface area contributed by atoms with E-state index in [0.29, 0.717) is 22.4 Å². The summed E-state index contributed by atoms with van der Waals surface area (Å²) in [4.78, 5) is 31.5. The minimum atomic E-state index is -4.61. The zero-order valence-electron chi connectivity index (χ0n) is 23.8. The average Bonchev–Trinajstić information content (AvgIpc) is 3.68. The number of alkyl halides is 5. The molecule has 3 atom stereocenters. The zero-order chi connectivity index (χ0) is 31.1. The molecule has 2 aliphatic rings. The Balaban J connectivity index is 1.46. The topological polar surface area (TPSA) is 115 Å². The van der Waals surface area contributed by atoms with Crippen molar-refractivity contribution < 1.29 is 40.7 Å². The molecule has 3 aromatic rings. The number of hydrogen-bond donors (Lipinski definition) is 2. The molecule has 43 heavy (non-hydrogen) atoms. The molecule has 0 bridgehead atoms. The number of hydrogen-bond acceptors (Lipinski definition) is 6. The third-order valence-corrected chi connectivity index (χ3v) is 8.02. The molecule has 3 unspecified atom stereocenters. The summed E-state index contributed by atoms with van der Waals surface area (Å²) in [5.74, 6) is -3.53. The minimum absolute atomic E-state index is 0.0767. The highest BCUT2D eigenvalue weighted by molar-refractivity contribution is 5.92. The van der Waals surface area contributed by atoms with Crippen LogP contribution in [0.1, 0.15) is 79.6 Å². The maximum absolute atomic E-state index is 14.0. The molecule has 0 radical (unpaired) electrons. The highest BCUT2D eigenvalue weighted by atomic mass is 19.4. The van der Waals surface area contributed by atoms with Crippen LogP contribution < -0.4 is 10.6 Å². The molecule has 3 amide bonds. The molecule has 10 nitrogen and oxygen atoms in total. The zero-order valence-corrected chi connectivity index (χ0v) is 23.8. The Kier molecular flexibility index (Phi) is 8.38. The Morgan fingerprint density at radius 1 is 1.23 bits per heavy atom. The van der Waals surface area contributed by atoms with Crippen LogP contribution in [0, 0.1) is 5.92 Å². The van der Waals surface area contributed by atoms with Crippen LogP contribution in [0.3, 0.4) is 0 Å². The number of benzene rings is 1. The van der Waals surface area contributed by atoms with Gasteiger partial charge in [0.25, 0.3) is 5.91 Å². The number of amides is 3. The molecule has 5 rings (SSSR count). The summed E-state index contributed by atoms with van der Waals surface area (Å²) in [5, 5.41) is 9.08. The fourth-order valence-corrected chi connectivity index (χ4v) is 5.74. The molecular weight excluding hydrogens is 579 g/mol. The summed E-state index contributed by atoms with van der Waals surface area (Å²) < 4.78 is 80.8. The Morgan fingerprint density at radius 3 is 2.58 bits per heavy atom.